The van der Waals surface area contributed by atoms with Crippen LogP contribution in [0.3, 0.4) is 0 Å². The highest BCUT2D eigenvalue weighted by atomic mass is 16.7. The van der Waals surface area contributed by atoms with Crippen LogP contribution < -0.4 is 5.46 Å². The van der Waals surface area contributed by atoms with Crippen molar-refractivity contribution in [3.63, 3.8) is 0 Å². The zero-order chi connectivity index (χ0) is 13.4. The van der Waals surface area contributed by atoms with E-state index in [4.69, 9.17) is 9.31 Å². The molecule has 1 aliphatic rings. The van der Waals surface area contributed by atoms with Crippen LogP contribution in [0.15, 0.2) is 24.3 Å². The molecule has 1 fully saturated rings. The minimum atomic E-state index is -0.251. The van der Waals surface area contributed by atoms with Crippen LogP contribution in [-0.2, 0) is 9.31 Å². The van der Waals surface area contributed by atoms with Gasteiger partial charge in [0.1, 0.15) is 0 Å². The second-order valence-corrected chi connectivity index (χ2v) is 5.97. The van der Waals surface area contributed by atoms with Gasteiger partial charge in [0.2, 0.25) is 0 Å². The Morgan fingerprint density at radius 1 is 1.06 bits per heavy atom. The lowest BCUT2D eigenvalue weighted by atomic mass is 9.79. The molecular formula is C15H23BO2. The minimum Gasteiger partial charge on any atom is -0.399 e. The van der Waals surface area contributed by atoms with Gasteiger partial charge in [-0.05, 0) is 39.6 Å². The van der Waals surface area contributed by atoms with E-state index < -0.39 is 0 Å². The summed E-state index contributed by atoms with van der Waals surface area (Å²) in [5.41, 5.74) is 1.90. The van der Waals surface area contributed by atoms with Crippen molar-refractivity contribution in [2.75, 3.05) is 0 Å². The van der Waals surface area contributed by atoms with Gasteiger partial charge in [-0.2, -0.15) is 0 Å². The zero-order valence-corrected chi connectivity index (χ0v) is 12.1. The van der Waals surface area contributed by atoms with Crippen LogP contribution in [0.1, 0.15) is 46.1 Å². The molecule has 0 aliphatic carbocycles. The van der Waals surface area contributed by atoms with E-state index >= 15 is 0 Å². The highest BCUT2D eigenvalue weighted by Gasteiger charge is 2.53. The molecule has 98 valence electrons. The first-order valence-corrected chi connectivity index (χ1v) is 6.80. The van der Waals surface area contributed by atoms with Crippen molar-refractivity contribution in [2.45, 2.75) is 58.7 Å². The lowest BCUT2D eigenvalue weighted by Gasteiger charge is -2.36. The van der Waals surface area contributed by atoms with Gasteiger partial charge in [-0.15, -0.1) is 0 Å². The van der Waals surface area contributed by atoms with Crippen molar-refractivity contribution in [3.05, 3.63) is 29.8 Å². The number of hydrogen-bond donors (Lipinski definition) is 0. The summed E-state index contributed by atoms with van der Waals surface area (Å²) in [7, 11) is -0.239. The van der Waals surface area contributed by atoms with Crippen molar-refractivity contribution in [1.82, 2.24) is 0 Å². The minimum absolute atomic E-state index is 0.211. The Hall–Kier alpha value is -0.795. The maximum atomic E-state index is 6.21. The van der Waals surface area contributed by atoms with E-state index in [1.54, 1.807) is 0 Å². The van der Waals surface area contributed by atoms with Crippen LogP contribution in [0.2, 0.25) is 0 Å². The standard InChI is InChI=1S/C15H23BO2/c1-6-11-15(5)14(3,4)17-16(18-15)13-9-7-12(2)8-10-13/h7-10H,6,11H2,1-5H3. The zero-order valence-electron chi connectivity index (χ0n) is 12.1. The number of rotatable bonds is 3. The van der Waals surface area contributed by atoms with Crippen molar-refractivity contribution in [2.24, 2.45) is 0 Å². The lowest BCUT2D eigenvalue weighted by molar-refractivity contribution is -0.0159. The molecule has 0 saturated carbocycles. The molecule has 18 heavy (non-hydrogen) atoms. The van der Waals surface area contributed by atoms with Gasteiger partial charge in [0.25, 0.3) is 0 Å². The van der Waals surface area contributed by atoms with Crippen molar-refractivity contribution < 1.29 is 9.31 Å². The van der Waals surface area contributed by atoms with Crippen LogP contribution in [0.5, 0.6) is 0 Å². The Labute approximate surface area is 111 Å². The van der Waals surface area contributed by atoms with Crippen LogP contribution in [0.4, 0.5) is 0 Å². The first-order valence-electron chi connectivity index (χ1n) is 6.80. The van der Waals surface area contributed by atoms with Crippen molar-refractivity contribution in [1.29, 1.82) is 0 Å². The fourth-order valence-corrected chi connectivity index (χ4v) is 2.49. The molecule has 1 atom stereocenters. The summed E-state index contributed by atoms with van der Waals surface area (Å²) < 4.78 is 12.3. The molecule has 1 aromatic carbocycles. The topological polar surface area (TPSA) is 18.5 Å². The fraction of sp³-hybridized carbons (Fsp3) is 0.600. The summed E-state index contributed by atoms with van der Waals surface area (Å²) in [6, 6.07) is 8.39. The molecule has 3 heteroatoms. The number of benzene rings is 1. The highest BCUT2D eigenvalue weighted by molar-refractivity contribution is 6.62. The van der Waals surface area contributed by atoms with E-state index in [1.807, 2.05) is 0 Å². The molecule has 1 aromatic rings. The second kappa shape index (κ2) is 4.71. The van der Waals surface area contributed by atoms with E-state index in [0.717, 1.165) is 18.3 Å². The van der Waals surface area contributed by atoms with Crippen LogP contribution in [0.25, 0.3) is 0 Å². The van der Waals surface area contributed by atoms with Gasteiger partial charge in [0, 0.05) is 0 Å². The third kappa shape index (κ3) is 2.34. The summed E-state index contributed by atoms with van der Waals surface area (Å²) in [6.45, 7) is 10.7. The van der Waals surface area contributed by atoms with E-state index in [9.17, 15) is 0 Å². The van der Waals surface area contributed by atoms with Crippen LogP contribution in [-0.4, -0.2) is 18.3 Å². The fourth-order valence-electron chi connectivity index (χ4n) is 2.49. The third-order valence-electron chi connectivity index (χ3n) is 4.12. The summed E-state index contributed by atoms with van der Waals surface area (Å²) in [5.74, 6) is 0. The molecule has 1 unspecified atom stereocenters. The average molecular weight is 246 g/mol. The van der Waals surface area contributed by atoms with Gasteiger partial charge >= 0.3 is 7.12 Å². The van der Waals surface area contributed by atoms with Gasteiger partial charge in [-0.25, -0.2) is 0 Å². The van der Waals surface area contributed by atoms with Gasteiger partial charge in [0.05, 0.1) is 11.2 Å². The van der Waals surface area contributed by atoms with Gasteiger partial charge in [-0.1, -0.05) is 43.2 Å². The third-order valence-corrected chi connectivity index (χ3v) is 4.12. The Balaban J connectivity index is 2.22. The Morgan fingerprint density at radius 3 is 2.22 bits per heavy atom. The monoisotopic (exact) mass is 246 g/mol. The van der Waals surface area contributed by atoms with Crippen LogP contribution >= 0.6 is 0 Å². The lowest BCUT2D eigenvalue weighted by Crippen LogP contribution is -2.44. The molecule has 2 rings (SSSR count). The molecule has 0 spiro atoms. The smallest absolute Gasteiger partial charge is 0.399 e. The summed E-state index contributed by atoms with van der Waals surface area (Å²) >= 11 is 0. The molecule has 1 saturated heterocycles. The van der Waals surface area contributed by atoms with E-state index in [0.29, 0.717) is 0 Å². The van der Waals surface area contributed by atoms with Gasteiger partial charge in [0.15, 0.2) is 0 Å². The largest absolute Gasteiger partial charge is 0.494 e. The normalized spacial score (nSPS) is 26.6. The van der Waals surface area contributed by atoms with E-state index in [-0.39, 0.29) is 18.3 Å². The Bertz CT molecular complexity index is 413. The summed E-state index contributed by atoms with van der Waals surface area (Å²) in [6.07, 6.45) is 2.12. The summed E-state index contributed by atoms with van der Waals surface area (Å²) in [4.78, 5) is 0. The predicted molar refractivity (Wildman–Crippen MR) is 76.1 cm³/mol. The Kier molecular flexibility index (Phi) is 3.57. The highest BCUT2D eigenvalue weighted by Crippen LogP contribution is 2.40. The van der Waals surface area contributed by atoms with Gasteiger partial charge in [-0.3, -0.25) is 0 Å². The van der Waals surface area contributed by atoms with E-state index in [1.165, 1.54) is 5.56 Å². The van der Waals surface area contributed by atoms with Crippen molar-refractivity contribution in [3.8, 4) is 0 Å². The first kappa shape index (κ1) is 13.6. The maximum absolute atomic E-state index is 6.21. The van der Waals surface area contributed by atoms with Crippen molar-refractivity contribution >= 4 is 12.6 Å². The molecule has 0 amide bonds. The quantitative estimate of drug-likeness (QED) is 0.763. The molecule has 2 nitrogen and oxygen atoms in total. The summed E-state index contributed by atoms with van der Waals surface area (Å²) in [5, 5.41) is 0. The first-order chi connectivity index (χ1) is 8.38. The molecule has 0 radical (unpaired) electrons. The molecule has 0 bridgehead atoms. The molecule has 1 heterocycles. The maximum Gasteiger partial charge on any atom is 0.494 e. The second-order valence-electron chi connectivity index (χ2n) is 5.97. The Morgan fingerprint density at radius 2 is 1.67 bits per heavy atom. The van der Waals surface area contributed by atoms with E-state index in [2.05, 4.69) is 58.9 Å². The molecule has 0 aromatic heterocycles. The number of hydrogen-bond acceptors (Lipinski definition) is 2. The van der Waals surface area contributed by atoms with Gasteiger partial charge < -0.3 is 9.31 Å². The molecular weight excluding hydrogens is 223 g/mol. The molecule has 1 aliphatic heterocycles. The average Bonchev–Trinajstić information content (AvgIpc) is 2.51. The predicted octanol–water partition coefficient (Wildman–Crippen LogP) is 3.07. The molecule has 0 N–H and O–H groups in total. The van der Waals surface area contributed by atoms with Crippen LogP contribution in [0, 0.1) is 6.92 Å². The number of aryl methyl sites for hydroxylation is 1. The SMILES string of the molecule is CCCC1(C)OB(c2ccc(C)cc2)OC1(C)C.